The molecule has 1 N–H and O–H groups in total. The monoisotopic (exact) mass is 432 g/mol. The summed E-state index contributed by atoms with van der Waals surface area (Å²) >= 11 is 0. The molecule has 1 heterocycles. The first-order chi connectivity index (χ1) is 14.5. The van der Waals surface area contributed by atoms with Crippen LogP contribution >= 0.6 is 0 Å². The summed E-state index contributed by atoms with van der Waals surface area (Å²) in [5.41, 5.74) is 1.02. The number of hydrogen-bond donors (Lipinski definition) is 1. The zero-order valence-corrected chi connectivity index (χ0v) is 19.1. The van der Waals surface area contributed by atoms with Gasteiger partial charge in [-0.3, -0.25) is 9.59 Å². The summed E-state index contributed by atoms with van der Waals surface area (Å²) in [6, 6.07) is 5.62. The molecule has 6 nitrogen and oxygen atoms in total. The summed E-state index contributed by atoms with van der Waals surface area (Å²) in [5.74, 6) is -1.86. The molecule has 0 bridgehead atoms. The second-order valence-electron chi connectivity index (χ2n) is 8.88. The maximum atomic E-state index is 13.6. The van der Waals surface area contributed by atoms with Crippen molar-refractivity contribution in [3.8, 4) is 0 Å². The predicted octanol–water partition coefficient (Wildman–Crippen LogP) is 4.25. The SMILES string of the molecule is C/C(=N\OC(C)C)C1=CN(CC(O)c2cccc(F)c2)C(=O)C([C@H](C)CC(C)C)C1=O. The number of nitrogens with zero attached hydrogens (tertiary/aromatic N) is 2. The Morgan fingerprint density at radius 3 is 2.48 bits per heavy atom. The van der Waals surface area contributed by atoms with E-state index in [2.05, 4.69) is 5.16 Å². The third-order valence-corrected chi connectivity index (χ3v) is 5.19. The number of hydrogen-bond acceptors (Lipinski definition) is 5. The van der Waals surface area contributed by atoms with Gasteiger partial charge in [-0.1, -0.05) is 38.1 Å². The minimum atomic E-state index is -1.10. The fourth-order valence-corrected chi connectivity index (χ4v) is 3.78. The summed E-state index contributed by atoms with van der Waals surface area (Å²) in [5, 5.41) is 14.7. The summed E-state index contributed by atoms with van der Waals surface area (Å²) in [6.45, 7) is 11.2. The van der Waals surface area contributed by atoms with Gasteiger partial charge in [0.1, 0.15) is 17.8 Å². The number of carbonyl (C=O) groups excluding carboxylic acids is 2. The van der Waals surface area contributed by atoms with E-state index in [-0.39, 0.29) is 35.8 Å². The summed E-state index contributed by atoms with van der Waals surface area (Å²) in [6.07, 6.45) is 0.871. The van der Waals surface area contributed by atoms with Crippen molar-refractivity contribution >= 4 is 17.4 Å². The molecule has 0 aromatic heterocycles. The van der Waals surface area contributed by atoms with Crippen LogP contribution in [-0.4, -0.2) is 40.1 Å². The van der Waals surface area contributed by atoms with Gasteiger partial charge < -0.3 is 14.8 Å². The number of benzene rings is 1. The number of amides is 1. The van der Waals surface area contributed by atoms with Crippen molar-refractivity contribution < 1.29 is 23.9 Å². The first kappa shape index (κ1) is 24.7. The highest BCUT2D eigenvalue weighted by atomic mass is 19.1. The molecule has 7 heteroatoms. The van der Waals surface area contributed by atoms with Crippen LogP contribution in [0.4, 0.5) is 4.39 Å². The van der Waals surface area contributed by atoms with Crippen molar-refractivity contribution in [1.29, 1.82) is 0 Å². The number of rotatable bonds is 9. The van der Waals surface area contributed by atoms with Crippen LogP contribution < -0.4 is 0 Å². The minimum absolute atomic E-state index is 0.0950. The van der Waals surface area contributed by atoms with Gasteiger partial charge in [0.25, 0.3) is 0 Å². The van der Waals surface area contributed by atoms with Crippen LogP contribution in [-0.2, 0) is 14.4 Å². The Balaban J connectivity index is 2.39. The zero-order chi connectivity index (χ0) is 23.3. The summed E-state index contributed by atoms with van der Waals surface area (Å²) in [4.78, 5) is 33.1. The van der Waals surface area contributed by atoms with Crippen molar-refractivity contribution in [2.24, 2.45) is 22.9 Å². The molecule has 0 fully saturated rings. The van der Waals surface area contributed by atoms with Gasteiger partial charge in [-0.15, -0.1) is 0 Å². The quantitative estimate of drug-likeness (QED) is 0.359. The van der Waals surface area contributed by atoms with Crippen LogP contribution in [0, 0.1) is 23.6 Å². The van der Waals surface area contributed by atoms with E-state index in [4.69, 9.17) is 4.84 Å². The zero-order valence-electron chi connectivity index (χ0n) is 19.1. The highest BCUT2D eigenvalue weighted by Gasteiger charge is 2.41. The van der Waals surface area contributed by atoms with E-state index < -0.39 is 17.8 Å². The van der Waals surface area contributed by atoms with Crippen molar-refractivity contribution in [3.63, 3.8) is 0 Å². The second kappa shape index (κ2) is 10.7. The first-order valence-corrected chi connectivity index (χ1v) is 10.7. The Hall–Kier alpha value is -2.54. The molecule has 1 aromatic rings. The Morgan fingerprint density at radius 2 is 1.90 bits per heavy atom. The average Bonchev–Trinajstić information content (AvgIpc) is 2.67. The van der Waals surface area contributed by atoms with Crippen LogP contribution in [0.5, 0.6) is 0 Å². The summed E-state index contributed by atoms with van der Waals surface area (Å²) < 4.78 is 13.6. The van der Waals surface area contributed by atoms with E-state index in [1.165, 1.54) is 29.3 Å². The van der Waals surface area contributed by atoms with Gasteiger partial charge in [-0.25, -0.2) is 4.39 Å². The lowest BCUT2D eigenvalue weighted by Gasteiger charge is -2.34. The number of halogens is 1. The molecule has 1 aliphatic rings. The topological polar surface area (TPSA) is 79.2 Å². The van der Waals surface area contributed by atoms with E-state index in [9.17, 15) is 19.1 Å². The Bertz CT molecular complexity index is 863. The maximum Gasteiger partial charge on any atom is 0.237 e. The molecule has 2 unspecified atom stereocenters. The fraction of sp³-hybridized carbons (Fsp3) is 0.542. The molecule has 0 saturated heterocycles. The van der Waals surface area contributed by atoms with Crippen molar-refractivity contribution in [2.75, 3.05) is 6.54 Å². The molecule has 3 atom stereocenters. The van der Waals surface area contributed by atoms with Crippen molar-refractivity contribution in [1.82, 2.24) is 4.90 Å². The van der Waals surface area contributed by atoms with Gasteiger partial charge in [0.05, 0.1) is 23.9 Å². The Morgan fingerprint density at radius 1 is 1.23 bits per heavy atom. The molecule has 1 aliphatic heterocycles. The number of carbonyl (C=O) groups is 2. The van der Waals surface area contributed by atoms with Crippen LogP contribution in [0.25, 0.3) is 0 Å². The molecule has 1 aromatic carbocycles. The lowest BCUT2D eigenvalue weighted by molar-refractivity contribution is -0.142. The van der Waals surface area contributed by atoms with Crippen molar-refractivity contribution in [2.45, 2.75) is 60.2 Å². The number of allylic oxidation sites excluding steroid dienone is 1. The van der Waals surface area contributed by atoms with Crippen LogP contribution in [0.15, 0.2) is 41.2 Å². The van der Waals surface area contributed by atoms with Gasteiger partial charge in [-0.05, 0) is 56.7 Å². The number of aliphatic hydroxyl groups is 1. The third-order valence-electron chi connectivity index (χ3n) is 5.19. The van der Waals surface area contributed by atoms with E-state index >= 15 is 0 Å². The maximum absolute atomic E-state index is 13.6. The Labute approximate surface area is 183 Å². The van der Waals surface area contributed by atoms with Crippen LogP contribution in [0.2, 0.25) is 0 Å². The van der Waals surface area contributed by atoms with Gasteiger partial charge in [0.15, 0.2) is 5.78 Å². The lowest BCUT2D eigenvalue weighted by atomic mass is 9.79. The average molecular weight is 433 g/mol. The highest BCUT2D eigenvalue weighted by Crippen LogP contribution is 2.31. The van der Waals surface area contributed by atoms with Gasteiger partial charge in [0.2, 0.25) is 5.91 Å². The molecule has 0 spiro atoms. The van der Waals surface area contributed by atoms with E-state index in [0.717, 1.165) is 0 Å². The normalized spacial score (nSPS) is 19.7. The molecule has 0 aliphatic carbocycles. The van der Waals surface area contributed by atoms with Gasteiger partial charge in [0, 0.05) is 6.20 Å². The molecule has 0 saturated carbocycles. The van der Waals surface area contributed by atoms with E-state index in [1.54, 1.807) is 13.0 Å². The highest BCUT2D eigenvalue weighted by molar-refractivity contribution is 6.27. The number of Topliss-reactive ketones (excluding diaryl/α,β-unsaturated/α-hetero) is 1. The number of oxime groups is 1. The van der Waals surface area contributed by atoms with Gasteiger partial charge >= 0.3 is 0 Å². The largest absolute Gasteiger partial charge is 0.393 e. The van der Waals surface area contributed by atoms with Crippen LogP contribution in [0.1, 0.15) is 59.6 Å². The van der Waals surface area contributed by atoms with Crippen molar-refractivity contribution in [3.05, 3.63) is 47.4 Å². The molecule has 1 amide bonds. The van der Waals surface area contributed by atoms with Gasteiger partial charge in [-0.2, -0.15) is 0 Å². The minimum Gasteiger partial charge on any atom is -0.393 e. The second-order valence-corrected chi connectivity index (χ2v) is 8.88. The third kappa shape index (κ3) is 6.47. The number of β-amino-alcohol motifs (C(OH)–C–C–N with tert-alkyl or cyclic N) is 1. The first-order valence-electron chi connectivity index (χ1n) is 10.7. The molecule has 31 heavy (non-hydrogen) atoms. The van der Waals surface area contributed by atoms with Crippen LogP contribution in [0.3, 0.4) is 0 Å². The molecule has 0 radical (unpaired) electrons. The van der Waals surface area contributed by atoms with E-state index in [0.29, 0.717) is 23.6 Å². The van der Waals surface area contributed by atoms with E-state index in [1.807, 2.05) is 34.6 Å². The predicted molar refractivity (Wildman–Crippen MR) is 118 cm³/mol. The summed E-state index contributed by atoms with van der Waals surface area (Å²) in [7, 11) is 0. The smallest absolute Gasteiger partial charge is 0.237 e. The molecule has 170 valence electrons. The standard InChI is InChI=1S/C24H33FN2O4/c1-14(2)10-16(5)22-23(29)20(17(6)26-31-15(3)4)12-27(24(22)30)13-21(28)18-8-7-9-19(25)11-18/h7-9,11-12,14-16,21-22,28H,10,13H2,1-6H3/b26-17+/t16-,21?,22?/m1/s1. The number of ketones is 1. The number of aliphatic hydroxyl groups excluding tert-OH is 1. The fourth-order valence-electron chi connectivity index (χ4n) is 3.78. The molecular weight excluding hydrogens is 399 g/mol. The lowest BCUT2D eigenvalue weighted by Crippen LogP contribution is -2.47. The molecule has 2 rings (SSSR count). The molecular formula is C24H33FN2O4. The Kier molecular flexibility index (Phi) is 8.51.